The van der Waals surface area contributed by atoms with Gasteiger partial charge in [0.2, 0.25) is 0 Å². The molecule has 1 heterocycles. The zero-order chi connectivity index (χ0) is 18.6. The summed E-state index contributed by atoms with van der Waals surface area (Å²) in [7, 11) is 1.49. The van der Waals surface area contributed by atoms with Crippen molar-refractivity contribution in [1.82, 2.24) is 0 Å². The number of benzene rings is 3. The van der Waals surface area contributed by atoms with Crippen molar-refractivity contribution >= 4 is 16.5 Å². The first-order chi connectivity index (χ1) is 12.4. The van der Waals surface area contributed by atoms with Gasteiger partial charge >= 0.3 is 0 Å². The zero-order valence-corrected chi connectivity index (χ0v) is 14.5. The van der Waals surface area contributed by atoms with Crippen molar-refractivity contribution in [3.63, 3.8) is 0 Å². The fraction of sp³-hybridized carbons (Fsp3) is 0.143. The highest BCUT2D eigenvalue weighted by Crippen LogP contribution is 2.48. The van der Waals surface area contributed by atoms with E-state index in [2.05, 4.69) is 6.58 Å². The van der Waals surface area contributed by atoms with E-state index in [9.17, 15) is 15.3 Å². The Morgan fingerprint density at radius 2 is 1.81 bits per heavy atom. The number of rotatable bonds is 2. The second-order valence-corrected chi connectivity index (χ2v) is 6.36. The van der Waals surface area contributed by atoms with Crippen molar-refractivity contribution in [1.29, 1.82) is 0 Å². The number of hydrogen-bond acceptors (Lipinski definition) is 5. The third kappa shape index (κ3) is 2.17. The molecule has 1 aliphatic rings. The van der Waals surface area contributed by atoms with Crippen molar-refractivity contribution < 1.29 is 24.8 Å². The van der Waals surface area contributed by atoms with Crippen LogP contribution in [0.3, 0.4) is 0 Å². The maximum atomic E-state index is 10.6. The molecular weight excluding hydrogens is 332 g/mol. The number of aryl methyl sites for hydroxylation is 1. The second-order valence-electron chi connectivity index (χ2n) is 6.36. The highest BCUT2D eigenvalue weighted by atomic mass is 16.5. The molecule has 1 aliphatic heterocycles. The van der Waals surface area contributed by atoms with Crippen LogP contribution < -0.4 is 4.74 Å². The number of methoxy groups -OCH3 is 1. The topological polar surface area (TPSA) is 79.2 Å². The molecule has 5 heteroatoms. The van der Waals surface area contributed by atoms with E-state index in [0.29, 0.717) is 29.1 Å². The molecule has 4 rings (SSSR count). The van der Waals surface area contributed by atoms with Gasteiger partial charge in [0.15, 0.2) is 23.0 Å². The van der Waals surface area contributed by atoms with Crippen molar-refractivity contribution in [2.45, 2.75) is 13.5 Å². The lowest BCUT2D eigenvalue weighted by molar-refractivity contribution is 0.287. The highest BCUT2D eigenvalue weighted by molar-refractivity contribution is 6.06. The zero-order valence-electron chi connectivity index (χ0n) is 14.5. The Bertz CT molecular complexity index is 1080. The van der Waals surface area contributed by atoms with Gasteiger partial charge < -0.3 is 24.8 Å². The van der Waals surface area contributed by atoms with Gasteiger partial charge in [0.25, 0.3) is 0 Å². The fourth-order valence-corrected chi connectivity index (χ4v) is 3.54. The van der Waals surface area contributed by atoms with E-state index < -0.39 is 0 Å². The lowest BCUT2D eigenvalue weighted by atomic mass is 9.87. The molecule has 3 N–H and O–H groups in total. The summed E-state index contributed by atoms with van der Waals surface area (Å²) >= 11 is 0. The van der Waals surface area contributed by atoms with Crippen LogP contribution in [0.15, 0.2) is 36.9 Å². The Hall–Kier alpha value is -3.34. The minimum atomic E-state index is -0.202. The first-order valence-electron chi connectivity index (χ1n) is 8.13. The Balaban J connectivity index is 2.17. The molecule has 3 aromatic carbocycles. The van der Waals surface area contributed by atoms with Crippen LogP contribution in [-0.4, -0.2) is 22.4 Å². The normalized spacial score (nSPS) is 12.9. The van der Waals surface area contributed by atoms with Crippen molar-refractivity contribution in [2.24, 2.45) is 0 Å². The molecule has 0 bridgehead atoms. The molecule has 26 heavy (non-hydrogen) atoms. The van der Waals surface area contributed by atoms with Gasteiger partial charge in [-0.25, -0.2) is 0 Å². The lowest BCUT2D eigenvalue weighted by Crippen LogP contribution is -1.95. The summed E-state index contributed by atoms with van der Waals surface area (Å²) in [5.41, 5.74) is 4.00. The molecule has 0 saturated heterocycles. The van der Waals surface area contributed by atoms with E-state index in [1.165, 1.54) is 13.2 Å². The van der Waals surface area contributed by atoms with E-state index >= 15 is 0 Å². The molecule has 0 fully saturated rings. The molecule has 3 aromatic rings. The van der Waals surface area contributed by atoms with Gasteiger partial charge in [-0.3, -0.25) is 0 Å². The third-order valence-corrected chi connectivity index (χ3v) is 4.85. The predicted molar refractivity (Wildman–Crippen MR) is 99.5 cm³/mol. The number of aromatic hydroxyl groups is 3. The molecule has 0 spiro atoms. The number of fused-ring (bicyclic) bond motifs is 2. The Kier molecular flexibility index (Phi) is 3.47. The standard InChI is InChI=1S/C21H18O5/c1-10-6-18(25-3)17(23)8-13(10)20-15-9-26-11(2)14(15)7-12-4-5-16(22)21(24)19(12)20/h4-8,22-24H,2,9H2,1,3H3. The second kappa shape index (κ2) is 5.59. The Morgan fingerprint density at radius 1 is 1.04 bits per heavy atom. The van der Waals surface area contributed by atoms with Crippen molar-refractivity contribution in [2.75, 3.05) is 7.11 Å². The largest absolute Gasteiger partial charge is 0.504 e. The molecule has 0 amide bonds. The maximum absolute atomic E-state index is 10.6. The Labute approximate surface area is 150 Å². The highest BCUT2D eigenvalue weighted by Gasteiger charge is 2.26. The van der Waals surface area contributed by atoms with Crippen LogP contribution in [-0.2, 0) is 11.3 Å². The number of ether oxygens (including phenoxy) is 2. The molecular formula is C21H18O5. The van der Waals surface area contributed by atoms with Gasteiger partial charge in [-0.1, -0.05) is 12.6 Å². The molecule has 5 nitrogen and oxygen atoms in total. The summed E-state index contributed by atoms with van der Waals surface area (Å²) < 4.78 is 10.8. The number of phenolic OH excluding ortho intramolecular Hbond substituents is 3. The molecule has 0 aromatic heterocycles. The average Bonchev–Trinajstić information content (AvgIpc) is 2.99. The summed E-state index contributed by atoms with van der Waals surface area (Å²) in [5, 5.41) is 32.1. The van der Waals surface area contributed by atoms with E-state index in [4.69, 9.17) is 9.47 Å². The number of hydrogen-bond donors (Lipinski definition) is 3. The van der Waals surface area contributed by atoms with Gasteiger partial charge in [0, 0.05) is 22.1 Å². The van der Waals surface area contributed by atoms with Crippen LogP contribution in [0, 0.1) is 6.92 Å². The summed E-state index contributed by atoms with van der Waals surface area (Å²) in [5.74, 6) is 0.526. The fourth-order valence-electron chi connectivity index (χ4n) is 3.54. The van der Waals surface area contributed by atoms with Crippen LogP contribution in [0.4, 0.5) is 0 Å². The van der Waals surface area contributed by atoms with Gasteiger partial charge in [-0.05, 0) is 47.7 Å². The first-order valence-corrected chi connectivity index (χ1v) is 8.13. The summed E-state index contributed by atoms with van der Waals surface area (Å²) in [6.07, 6.45) is 0. The SMILES string of the molecule is C=C1OCc2c1cc1ccc(O)c(O)c1c2-c1cc(O)c(OC)cc1C. The molecule has 0 saturated carbocycles. The van der Waals surface area contributed by atoms with Gasteiger partial charge in [0.05, 0.1) is 7.11 Å². The van der Waals surface area contributed by atoms with Crippen LogP contribution in [0.2, 0.25) is 0 Å². The predicted octanol–water partition coefficient (Wildman–Crippen LogP) is 4.44. The van der Waals surface area contributed by atoms with Crippen LogP contribution in [0.25, 0.3) is 27.7 Å². The van der Waals surface area contributed by atoms with Gasteiger partial charge in [0.1, 0.15) is 12.4 Å². The maximum Gasteiger partial charge on any atom is 0.166 e. The molecule has 0 radical (unpaired) electrons. The van der Waals surface area contributed by atoms with Crippen molar-refractivity contribution in [3.8, 4) is 34.1 Å². The monoisotopic (exact) mass is 350 g/mol. The minimum Gasteiger partial charge on any atom is -0.504 e. The van der Waals surface area contributed by atoms with Crippen molar-refractivity contribution in [3.05, 3.63) is 53.6 Å². The summed E-state index contributed by atoms with van der Waals surface area (Å²) in [4.78, 5) is 0. The molecule has 0 atom stereocenters. The minimum absolute atomic E-state index is 0.00348. The van der Waals surface area contributed by atoms with E-state index in [-0.39, 0.29) is 17.2 Å². The molecule has 0 aliphatic carbocycles. The van der Waals surface area contributed by atoms with Crippen LogP contribution >= 0.6 is 0 Å². The number of phenols is 3. The van der Waals surface area contributed by atoms with Gasteiger partial charge in [-0.2, -0.15) is 0 Å². The van der Waals surface area contributed by atoms with Crippen LogP contribution in [0.1, 0.15) is 16.7 Å². The lowest BCUT2D eigenvalue weighted by Gasteiger charge is -2.17. The van der Waals surface area contributed by atoms with E-state index in [0.717, 1.165) is 27.6 Å². The van der Waals surface area contributed by atoms with Gasteiger partial charge in [-0.15, -0.1) is 0 Å². The quantitative estimate of drug-likeness (QED) is 0.596. The smallest absolute Gasteiger partial charge is 0.166 e. The van der Waals surface area contributed by atoms with E-state index in [1.807, 2.05) is 13.0 Å². The molecule has 132 valence electrons. The first kappa shape index (κ1) is 16.1. The summed E-state index contributed by atoms with van der Waals surface area (Å²) in [6, 6.07) is 8.42. The Morgan fingerprint density at radius 3 is 2.54 bits per heavy atom. The van der Waals surface area contributed by atoms with E-state index in [1.54, 1.807) is 18.2 Å². The molecule has 0 unspecified atom stereocenters. The third-order valence-electron chi connectivity index (χ3n) is 4.85. The average molecular weight is 350 g/mol. The van der Waals surface area contributed by atoms with Crippen LogP contribution in [0.5, 0.6) is 23.0 Å². The summed E-state index contributed by atoms with van der Waals surface area (Å²) in [6.45, 7) is 6.14.